The van der Waals surface area contributed by atoms with Gasteiger partial charge in [0, 0.05) is 12.1 Å². The third kappa shape index (κ3) is 4.94. The van der Waals surface area contributed by atoms with Crippen molar-refractivity contribution in [3.63, 3.8) is 0 Å². The molecule has 0 spiro atoms. The molecule has 0 aliphatic carbocycles. The molecule has 0 N–H and O–H groups in total. The fraction of sp³-hybridized carbons (Fsp3) is 0.529. The first-order chi connectivity index (χ1) is 10.8. The van der Waals surface area contributed by atoms with Crippen LogP contribution in [0.3, 0.4) is 0 Å². The summed E-state index contributed by atoms with van der Waals surface area (Å²) in [6, 6.07) is 1.60. The molecule has 1 aromatic rings. The quantitative estimate of drug-likeness (QED) is 0.607. The molecule has 6 heteroatoms. The van der Waals surface area contributed by atoms with E-state index < -0.39 is 5.60 Å². The van der Waals surface area contributed by atoms with Crippen LogP contribution >= 0.6 is 11.6 Å². The van der Waals surface area contributed by atoms with Gasteiger partial charge in [0.2, 0.25) is 0 Å². The summed E-state index contributed by atoms with van der Waals surface area (Å²) in [5.74, 6) is 0.425. The molecule has 2 heterocycles. The van der Waals surface area contributed by atoms with Crippen molar-refractivity contribution in [1.82, 2.24) is 9.88 Å². The van der Waals surface area contributed by atoms with Gasteiger partial charge in [-0.15, -0.1) is 0 Å². The predicted octanol–water partition coefficient (Wildman–Crippen LogP) is 3.52. The van der Waals surface area contributed by atoms with Crippen LogP contribution in [0.5, 0.6) is 5.75 Å². The molecule has 0 radical (unpaired) electrons. The topological polar surface area (TPSA) is 51.7 Å². The van der Waals surface area contributed by atoms with E-state index in [0.29, 0.717) is 17.6 Å². The molecule has 2 rings (SSSR count). The second kappa shape index (κ2) is 7.32. The molecule has 1 aliphatic rings. The van der Waals surface area contributed by atoms with Crippen LogP contribution in [0.4, 0.5) is 0 Å². The summed E-state index contributed by atoms with van der Waals surface area (Å²) in [7, 11) is 0. The van der Waals surface area contributed by atoms with Crippen LogP contribution in [0, 0.1) is 0 Å². The van der Waals surface area contributed by atoms with E-state index in [0.717, 1.165) is 18.5 Å². The molecule has 1 aromatic heterocycles. The van der Waals surface area contributed by atoms with Crippen molar-refractivity contribution in [1.29, 1.82) is 0 Å². The number of nitrogens with zero attached hydrogens (tertiary/aromatic N) is 2. The molecule has 0 unspecified atom stereocenters. The van der Waals surface area contributed by atoms with Crippen LogP contribution in [0.1, 0.15) is 39.7 Å². The average molecular weight is 339 g/mol. The van der Waals surface area contributed by atoms with E-state index in [2.05, 4.69) is 4.98 Å². The molecule has 5 nitrogen and oxygen atoms in total. The number of pyridine rings is 1. The van der Waals surface area contributed by atoms with Gasteiger partial charge in [-0.3, -0.25) is 9.69 Å². The highest BCUT2D eigenvalue weighted by molar-refractivity contribution is 6.30. The molecular weight excluding hydrogens is 316 g/mol. The van der Waals surface area contributed by atoms with Gasteiger partial charge in [0.25, 0.3) is 0 Å². The van der Waals surface area contributed by atoms with Gasteiger partial charge in [-0.25, -0.2) is 4.98 Å². The Hall–Kier alpha value is -1.59. The van der Waals surface area contributed by atoms with Gasteiger partial charge in [0.05, 0.1) is 6.20 Å². The minimum absolute atomic E-state index is 0.198. The number of hydrogen-bond acceptors (Lipinski definition) is 5. The minimum atomic E-state index is -0.472. The largest absolute Gasteiger partial charge is 0.476 e. The summed E-state index contributed by atoms with van der Waals surface area (Å²) in [6.45, 7) is 8.65. The summed E-state index contributed by atoms with van der Waals surface area (Å²) in [6.07, 6.45) is 6.13. The number of carbonyl (C=O) groups excluding carboxylic acids is 1. The number of aromatic nitrogens is 1. The first kappa shape index (κ1) is 17.8. The van der Waals surface area contributed by atoms with Crippen molar-refractivity contribution in [3.8, 4) is 5.75 Å². The Labute approximate surface area is 142 Å². The standard InChI is InChI=1S/C17H23ClN2O3/c1-5-6-12-9-13(10-19-15(12)18)22-11-20-8-7-14(20)16(21)23-17(2,3)4/h5-6,9-10,14H,7-8,11H2,1-4H3/b6-5+/t14-/m0/s1. The van der Waals surface area contributed by atoms with E-state index in [-0.39, 0.29) is 12.0 Å². The molecule has 126 valence electrons. The zero-order valence-corrected chi connectivity index (χ0v) is 14.8. The summed E-state index contributed by atoms with van der Waals surface area (Å²) in [4.78, 5) is 18.1. The Morgan fingerprint density at radius 3 is 2.83 bits per heavy atom. The van der Waals surface area contributed by atoms with Crippen LogP contribution in [0.15, 0.2) is 18.3 Å². The third-order valence-corrected chi connectivity index (χ3v) is 3.71. The average Bonchev–Trinajstić information content (AvgIpc) is 2.39. The Morgan fingerprint density at radius 2 is 2.26 bits per heavy atom. The lowest BCUT2D eigenvalue weighted by Gasteiger charge is -2.39. The van der Waals surface area contributed by atoms with Crippen LogP contribution in [0.2, 0.25) is 5.15 Å². The molecule has 0 aromatic carbocycles. The monoisotopic (exact) mass is 338 g/mol. The van der Waals surface area contributed by atoms with Crippen LogP contribution in [-0.4, -0.2) is 40.8 Å². The fourth-order valence-corrected chi connectivity index (χ4v) is 2.38. The third-order valence-electron chi connectivity index (χ3n) is 3.39. The second-order valence-corrected chi connectivity index (χ2v) is 6.83. The summed E-state index contributed by atoms with van der Waals surface area (Å²) in [5, 5.41) is 0.436. The Balaban J connectivity index is 1.91. The van der Waals surface area contributed by atoms with Crippen molar-refractivity contribution >= 4 is 23.6 Å². The first-order valence-corrected chi connectivity index (χ1v) is 8.06. The highest BCUT2D eigenvalue weighted by atomic mass is 35.5. The molecule has 1 atom stereocenters. The highest BCUT2D eigenvalue weighted by Crippen LogP contribution is 2.24. The first-order valence-electron chi connectivity index (χ1n) is 7.68. The number of hydrogen-bond donors (Lipinski definition) is 0. The van der Waals surface area contributed by atoms with Crippen molar-refractivity contribution in [2.75, 3.05) is 13.3 Å². The highest BCUT2D eigenvalue weighted by Gasteiger charge is 2.37. The minimum Gasteiger partial charge on any atom is -0.476 e. The van der Waals surface area contributed by atoms with Crippen molar-refractivity contribution in [2.24, 2.45) is 0 Å². The van der Waals surface area contributed by atoms with Gasteiger partial charge in [0.1, 0.15) is 29.3 Å². The number of halogens is 1. The molecule has 0 bridgehead atoms. The number of carbonyl (C=O) groups is 1. The molecule has 1 aliphatic heterocycles. The number of allylic oxidation sites excluding steroid dienone is 1. The summed E-state index contributed by atoms with van der Waals surface area (Å²) >= 11 is 6.01. The van der Waals surface area contributed by atoms with Gasteiger partial charge < -0.3 is 9.47 Å². The van der Waals surface area contributed by atoms with E-state index in [1.807, 2.05) is 50.8 Å². The maximum Gasteiger partial charge on any atom is 0.324 e. The van der Waals surface area contributed by atoms with E-state index in [1.165, 1.54) is 0 Å². The Kier molecular flexibility index (Phi) is 5.65. The van der Waals surface area contributed by atoms with E-state index in [1.54, 1.807) is 6.20 Å². The van der Waals surface area contributed by atoms with Crippen molar-refractivity contribution < 1.29 is 14.3 Å². The number of rotatable bonds is 5. The molecule has 0 saturated carbocycles. The van der Waals surface area contributed by atoms with E-state index >= 15 is 0 Å². The molecular formula is C17H23ClN2O3. The smallest absolute Gasteiger partial charge is 0.324 e. The molecule has 1 fully saturated rings. The Morgan fingerprint density at radius 1 is 1.52 bits per heavy atom. The lowest BCUT2D eigenvalue weighted by Crippen LogP contribution is -2.55. The van der Waals surface area contributed by atoms with Gasteiger partial charge in [-0.2, -0.15) is 0 Å². The van der Waals surface area contributed by atoms with Crippen LogP contribution < -0.4 is 4.74 Å². The zero-order chi connectivity index (χ0) is 17.0. The van der Waals surface area contributed by atoms with E-state index in [9.17, 15) is 4.79 Å². The van der Waals surface area contributed by atoms with Gasteiger partial charge in [0.15, 0.2) is 0 Å². The lowest BCUT2D eigenvalue weighted by atomic mass is 10.0. The van der Waals surface area contributed by atoms with E-state index in [4.69, 9.17) is 21.1 Å². The van der Waals surface area contributed by atoms with Gasteiger partial charge >= 0.3 is 5.97 Å². The molecule has 0 amide bonds. The van der Waals surface area contributed by atoms with Crippen LogP contribution in [-0.2, 0) is 9.53 Å². The van der Waals surface area contributed by atoms with Crippen molar-refractivity contribution in [3.05, 3.63) is 29.1 Å². The number of ether oxygens (including phenoxy) is 2. The van der Waals surface area contributed by atoms with Gasteiger partial charge in [-0.05, 0) is 40.2 Å². The molecule has 23 heavy (non-hydrogen) atoms. The zero-order valence-electron chi connectivity index (χ0n) is 14.0. The maximum atomic E-state index is 12.1. The van der Waals surface area contributed by atoms with Crippen molar-refractivity contribution in [2.45, 2.75) is 45.8 Å². The SMILES string of the molecule is C/C=C/c1cc(OCN2CC[C@H]2C(=O)OC(C)(C)C)cnc1Cl. The second-order valence-electron chi connectivity index (χ2n) is 6.47. The predicted molar refractivity (Wildman–Crippen MR) is 90.4 cm³/mol. The lowest BCUT2D eigenvalue weighted by molar-refractivity contribution is -0.168. The summed E-state index contributed by atoms with van der Waals surface area (Å²) in [5.41, 5.74) is 0.333. The van der Waals surface area contributed by atoms with Gasteiger partial charge in [-0.1, -0.05) is 23.8 Å². The Bertz CT molecular complexity index is 596. The summed E-state index contributed by atoms with van der Waals surface area (Å²) < 4.78 is 11.1. The number of likely N-dealkylation sites (tertiary alicyclic amines) is 1. The maximum absolute atomic E-state index is 12.1. The fourth-order valence-electron chi connectivity index (χ4n) is 2.21. The van der Waals surface area contributed by atoms with Crippen LogP contribution in [0.25, 0.3) is 6.08 Å². The molecule has 1 saturated heterocycles. The number of esters is 1. The normalized spacial score (nSPS) is 18.7.